The van der Waals surface area contributed by atoms with Gasteiger partial charge in [0.2, 0.25) is 5.76 Å². The van der Waals surface area contributed by atoms with Crippen molar-refractivity contribution in [2.24, 2.45) is 0 Å². The minimum absolute atomic E-state index is 0.0717. The predicted octanol–water partition coefficient (Wildman–Crippen LogP) is 5.16. The van der Waals surface area contributed by atoms with Crippen LogP contribution in [0.15, 0.2) is 65.2 Å². The van der Waals surface area contributed by atoms with Gasteiger partial charge in [-0.1, -0.05) is 23.7 Å². The number of carbonyl (C=O) groups is 2. The second-order valence-corrected chi connectivity index (χ2v) is 7.11. The summed E-state index contributed by atoms with van der Waals surface area (Å²) < 4.78 is 10.5. The number of furan rings is 1. The number of carbonyl (C=O) groups excluding carboxylic acids is 2. The molecule has 0 aliphatic rings. The minimum Gasteiger partial charge on any atom is -0.460 e. The fourth-order valence-corrected chi connectivity index (χ4v) is 3.21. The highest BCUT2D eigenvalue weighted by molar-refractivity contribution is 6.30. The summed E-state index contributed by atoms with van der Waals surface area (Å²) in [5, 5.41) is 3.42. The molecule has 156 valence electrons. The number of nitrogens with zero attached hydrogens (tertiary/aromatic N) is 1. The molecule has 0 bridgehead atoms. The van der Waals surface area contributed by atoms with E-state index in [1.807, 2.05) is 6.07 Å². The molecule has 0 saturated carbocycles. The molecule has 0 unspecified atom stereocenters. The lowest BCUT2D eigenvalue weighted by atomic mass is 10.0. The summed E-state index contributed by atoms with van der Waals surface area (Å²) in [6.45, 7) is 1.90. The quantitative estimate of drug-likeness (QED) is 0.419. The van der Waals surface area contributed by atoms with Crippen LogP contribution in [0.25, 0.3) is 22.2 Å². The van der Waals surface area contributed by atoms with E-state index in [-0.39, 0.29) is 24.0 Å². The number of halogens is 1. The number of nitrogens with two attached hydrogens (primary N) is 1. The van der Waals surface area contributed by atoms with Crippen LogP contribution >= 0.6 is 11.6 Å². The molecular weight excluding hydrogens is 418 g/mol. The molecule has 0 saturated heterocycles. The van der Waals surface area contributed by atoms with Crippen LogP contribution in [0.3, 0.4) is 0 Å². The molecule has 2 aromatic heterocycles. The number of hydrogen-bond donors (Lipinski definition) is 2. The predicted molar refractivity (Wildman–Crippen MR) is 119 cm³/mol. The molecule has 3 N–H and O–H groups in total. The van der Waals surface area contributed by atoms with E-state index in [1.165, 1.54) is 0 Å². The third-order valence-electron chi connectivity index (χ3n) is 4.59. The SMILES string of the molecule is CCOC(=O)c1oc2cc(-c3cccc(C(=O)Nc4ccc(Cl)cc4)c3)cnc2c1N. The molecule has 0 radical (unpaired) electrons. The minimum atomic E-state index is -0.639. The number of hydrogen-bond acceptors (Lipinski definition) is 6. The van der Waals surface area contributed by atoms with Gasteiger partial charge in [0.05, 0.1) is 6.61 Å². The van der Waals surface area contributed by atoms with Crippen molar-refractivity contribution in [3.05, 3.63) is 77.1 Å². The highest BCUT2D eigenvalue weighted by Crippen LogP contribution is 2.31. The average Bonchev–Trinajstić information content (AvgIpc) is 3.11. The molecule has 1 amide bonds. The van der Waals surface area contributed by atoms with Gasteiger partial charge >= 0.3 is 5.97 Å². The van der Waals surface area contributed by atoms with Crippen molar-refractivity contribution < 1.29 is 18.7 Å². The molecule has 0 fully saturated rings. The maximum atomic E-state index is 12.6. The zero-order valence-corrected chi connectivity index (χ0v) is 17.3. The Morgan fingerprint density at radius 3 is 2.65 bits per heavy atom. The van der Waals surface area contributed by atoms with Gasteiger partial charge in [-0.25, -0.2) is 9.78 Å². The van der Waals surface area contributed by atoms with Crippen LogP contribution in [0, 0.1) is 0 Å². The molecule has 4 rings (SSSR count). The summed E-state index contributed by atoms with van der Waals surface area (Å²) in [7, 11) is 0. The van der Waals surface area contributed by atoms with Crippen LogP contribution in [0.2, 0.25) is 5.02 Å². The molecular formula is C23H18ClN3O4. The van der Waals surface area contributed by atoms with Crippen molar-refractivity contribution in [1.29, 1.82) is 0 Å². The van der Waals surface area contributed by atoms with Gasteiger partial charge in [-0.3, -0.25) is 4.79 Å². The second-order valence-electron chi connectivity index (χ2n) is 6.68. The lowest BCUT2D eigenvalue weighted by Crippen LogP contribution is -2.11. The summed E-state index contributed by atoms with van der Waals surface area (Å²) in [4.78, 5) is 29.0. The molecule has 2 aromatic carbocycles. The largest absolute Gasteiger partial charge is 0.460 e. The third-order valence-corrected chi connectivity index (χ3v) is 4.84. The maximum Gasteiger partial charge on any atom is 0.376 e. The van der Waals surface area contributed by atoms with Gasteiger partial charge in [-0.05, 0) is 55.0 Å². The fraction of sp³-hybridized carbons (Fsp3) is 0.0870. The van der Waals surface area contributed by atoms with Crippen molar-refractivity contribution in [3.8, 4) is 11.1 Å². The van der Waals surface area contributed by atoms with Crippen LogP contribution in [0.4, 0.5) is 11.4 Å². The molecule has 2 heterocycles. The van der Waals surface area contributed by atoms with Gasteiger partial charge in [0.15, 0.2) is 5.58 Å². The van der Waals surface area contributed by atoms with E-state index in [0.29, 0.717) is 32.9 Å². The Kier molecular flexibility index (Phi) is 5.60. The van der Waals surface area contributed by atoms with Crippen LogP contribution < -0.4 is 11.1 Å². The van der Waals surface area contributed by atoms with Gasteiger partial charge in [-0.2, -0.15) is 0 Å². The molecule has 8 heteroatoms. The Morgan fingerprint density at radius 2 is 1.90 bits per heavy atom. The molecule has 31 heavy (non-hydrogen) atoms. The topological polar surface area (TPSA) is 107 Å². The molecule has 0 atom stereocenters. The fourth-order valence-electron chi connectivity index (χ4n) is 3.08. The third kappa shape index (κ3) is 4.22. The number of pyridine rings is 1. The molecule has 0 aliphatic carbocycles. The Hall–Kier alpha value is -3.84. The van der Waals surface area contributed by atoms with Crippen molar-refractivity contribution in [2.75, 3.05) is 17.7 Å². The summed E-state index contributed by atoms with van der Waals surface area (Å²) in [6.07, 6.45) is 1.61. The van der Waals surface area contributed by atoms with E-state index in [9.17, 15) is 9.59 Å². The number of amides is 1. The van der Waals surface area contributed by atoms with Crippen molar-refractivity contribution in [2.45, 2.75) is 6.92 Å². The standard InChI is InChI=1S/C23H18ClN3O4/c1-2-30-23(29)21-19(25)20-18(31-21)11-15(12-26-20)13-4-3-5-14(10-13)22(28)27-17-8-6-16(24)7-9-17/h3-12H,2,25H2,1H3,(H,27,28). The molecule has 0 aliphatic heterocycles. The number of ether oxygens (including phenoxy) is 1. The highest BCUT2D eigenvalue weighted by atomic mass is 35.5. The van der Waals surface area contributed by atoms with Crippen molar-refractivity contribution in [1.82, 2.24) is 4.98 Å². The zero-order chi connectivity index (χ0) is 22.0. The van der Waals surface area contributed by atoms with Crippen LogP contribution in [0.5, 0.6) is 0 Å². The smallest absolute Gasteiger partial charge is 0.376 e. The van der Waals surface area contributed by atoms with Crippen LogP contribution in [-0.4, -0.2) is 23.5 Å². The van der Waals surface area contributed by atoms with Gasteiger partial charge in [0, 0.05) is 28.0 Å². The van der Waals surface area contributed by atoms with Gasteiger partial charge in [-0.15, -0.1) is 0 Å². The number of nitrogen functional groups attached to an aromatic ring is 1. The first-order valence-electron chi connectivity index (χ1n) is 9.48. The number of rotatable bonds is 5. The van der Waals surface area contributed by atoms with Crippen LogP contribution in [0.1, 0.15) is 27.8 Å². The lowest BCUT2D eigenvalue weighted by Gasteiger charge is -2.07. The summed E-state index contributed by atoms with van der Waals surface area (Å²) >= 11 is 5.88. The highest BCUT2D eigenvalue weighted by Gasteiger charge is 2.21. The number of esters is 1. The van der Waals surface area contributed by atoms with E-state index in [4.69, 9.17) is 26.5 Å². The summed E-state index contributed by atoms with van der Waals surface area (Å²) in [5.41, 5.74) is 9.43. The molecule has 0 spiro atoms. The number of benzene rings is 2. The monoisotopic (exact) mass is 435 g/mol. The average molecular weight is 436 g/mol. The molecule has 7 nitrogen and oxygen atoms in total. The number of anilines is 2. The van der Waals surface area contributed by atoms with Gasteiger partial charge < -0.3 is 20.2 Å². The Morgan fingerprint density at radius 1 is 1.13 bits per heavy atom. The van der Waals surface area contributed by atoms with Crippen LogP contribution in [-0.2, 0) is 4.74 Å². The number of fused-ring (bicyclic) bond motifs is 1. The first-order chi connectivity index (χ1) is 15.0. The maximum absolute atomic E-state index is 12.6. The van der Waals surface area contributed by atoms with Gasteiger partial charge in [0.25, 0.3) is 5.91 Å². The van der Waals surface area contributed by atoms with Crippen molar-refractivity contribution >= 4 is 46.0 Å². The Labute approximate surface area is 182 Å². The molecule has 4 aromatic rings. The van der Waals surface area contributed by atoms with E-state index >= 15 is 0 Å². The first-order valence-corrected chi connectivity index (χ1v) is 9.86. The summed E-state index contributed by atoms with van der Waals surface area (Å²) in [6, 6.07) is 15.7. The van der Waals surface area contributed by atoms with E-state index in [0.717, 1.165) is 5.56 Å². The van der Waals surface area contributed by atoms with E-state index in [1.54, 1.807) is 61.7 Å². The number of aromatic nitrogens is 1. The van der Waals surface area contributed by atoms with Crippen molar-refractivity contribution in [3.63, 3.8) is 0 Å². The number of nitrogens with one attached hydrogen (secondary N) is 1. The normalized spacial score (nSPS) is 10.8. The zero-order valence-electron chi connectivity index (χ0n) is 16.5. The second kappa shape index (κ2) is 8.49. The summed E-state index contributed by atoms with van der Waals surface area (Å²) in [5.74, 6) is -0.969. The Balaban J connectivity index is 1.63. The Bertz CT molecular complexity index is 1280. The lowest BCUT2D eigenvalue weighted by molar-refractivity contribution is 0.0494. The van der Waals surface area contributed by atoms with Gasteiger partial charge in [0.1, 0.15) is 11.2 Å². The van der Waals surface area contributed by atoms with E-state index < -0.39 is 5.97 Å². The van der Waals surface area contributed by atoms with E-state index in [2.05, 4.69) is 10.3 Å². The first kappa shape index (κ1) is 20.4.